The van der Waals surface area contributed by atoms with Crippen LogP contribution in [0.5, 0.6) is 5.75 Å². The van der Waals surface area contributed by atoms with Crippen molar-refractivity contribution in [1.29, 1.82) is 0 Å². The Labute approximate surface area is 161 Å². The zero-order chi connectivity index (χ0) is 19.6. The molecule has 148 valence electrons. The van der Waals surface area contributed by atoms with Crippen LogP contribution in [-0.2, 0) is 14.3 Å². The molecule has 1 aromatic rings. The van der Waals surface area contributed by atoms with E-state index in [2.05, 4.69) is 12.2 Å². The first-order valence-corrected chi connectivity index (χ1v) is 9.59. The summed E-state index contributed by atoms with van der Waals surface area (Å²) in [5, 5.41) is 3.16. The van der Waals surface area contributed by atoms with Gasteiger partial charge < -0.3 is 19.7 Å². The highest BCUT2D eigenvalue weighted by Crippen LogP contribution is 2.19. The molecule has 0 aliphatic carbocycles. The van der Waals surface area contributed by atoms with Gasteiger partial charge in [0.1, 0.15) is 24.2 Å². The van der Waals surface area contributed by atoms with Crippen LogP contribution in [-0.4, -0.2) is 49.6 Å². The van der Waals surface area contributed by atoms with Gasteiger partial charge in [-0.25, -0.2) is 0 Å². The fourth-order valence-electron chi connectivity index (χ4n) is 2.99. The van der Waals surface area contributed by atoms with E-state index in [0.29, 0.717) is 25.5 Å². The first-order chi connectivity index (χ1) is 13.0. The minimum absolute atomic E-state index is 0.185. The van der Waals surface area contributed by atoms with Gasteiger partial charge in [0, 0.05) is 25.7 Å². The Morgan fingerprint density at radius 1 is 1.30 bits per heavy atom. The molecule has 1 aliphatic heterocycles. The van der Waals surface area contributed by atoms with Crippen LogP contribution in [0.25, 0.3) is 0 Å². The number of ether oxygens (including phenoxy) is 2. The molecular weight excluding hydrogens is 344 g/mol. The SMILES string of the molecule is CCCC[C@@H]1OCCC(=O)/C(=C(/C)NCCOc2ccccc2)C(=O)N1C. The first kappa shape index (κ1) is 21.0. The number of amides is 1. The van der Waals surface area contributed by atoms with Crippen molar-refractivity contribution in [2.75, 3.05) is 26.8 Å². The number of hydrogen-bond acceptors (Lipinski definition) is 5. The van der Waals surface area contributed by atoms with Gasteiger partial charge in [0.15, 0.2) is 5.78 Å². The van der Waals surface area contributed by atoms with Gasteiger partial charge in [-0.3, -0.25) is 9.59 Å². The van der Waals surface area contributed by atoms with Crippen LogP contribution in [0.4, 0.5) is 0 Å². The fraction of sp³-hybridized carbons (Fsp3) is 0.524. The van der Waals surface area contributed by atoms with E-state index in [0.717, 1.165) is 25.0 Å². The van der Waals surface area contributed by atoms with Crippen molar-refractivity contribution in [3.05, 3.63) is 41.6 Å². The van der Waals surface area contributed by atoms with Gasteiger partial charge in [0.2, 0.25) is 0 Å². The third kappa shape index (κ3) is 6.10. The molecule has 0 spiro atoms. The van der Waals surface area contributed by atoms with Crippen molar-refractivity contribution in [3.63, 3.8) is 0 Å². The average molecular weight is 374 g/mol. The van der Waals surface area contributed by atoms with E-state index in [1.165, 1.54) is 0 Å². The van der Waals surface area contributed by atoms with Crippen LogP contribution in [0.15, 0.2) is 41.6 Å². The van der Waals surface area contributed by atoms with Crippen molar-refractivity contribution < 1.29 is 19.1 Å². The molecule has 6 nitrogen and oxygen atoms in total. The lowest BCUT2D eigenvalue weighted by Gasteiger charge is -2.31. The molecule has 6 heteroatoms. The zero-order valence-electron chi connectivity index (χ0n) is 16.5. The lowest BCUT2D eigenvalue weighted by atomic mass is 10.0. The van der Waals surface area contributed by atoms with Gasteiger partial charge in [0.25, 0.3) is 5.91 Å². The van der Waals surface area contributed by atoms with Crippen molar-refractivity contribution in [2.45, 2.75) is 45.8 Å². The van der Waals surface area contributed by atoms with E-state index in [4.69, 9.17) is 9.47 Å². The van der Waals surface area contributed by atoms with Gasteiger partial charge in [-0.15, -0.1) is 0 Å². The second kappa shape index (κ2) is 10.7. The highest BCUT2D eigenvalue weighted by atomic mass is 16.5. The van der Waals surface area contributed by atoms with Crippen LogP contribution in [0, 0.1) is 0 Å². The zero-order valence-corrected chi connectivity index (χ0v) is 16.5. The summed E-state index contributed by atoms with van der Waals surface area (Å²) in [6.45, 7) is 5.15. The number of carbonyl (C=O) groups excluding carboxylic acids is 2. The molecule has 2 rings (SSSR count). The standard InChI is InChI=1S/C21H30N2O4/c1-4-5-11-19-23(3)21(25)20(18(24)12-14-27-19)16(2)22-13-15-26-17-9-7-6-8-10-17/h6-10,19,22H,4-5,11-15H2,1-3H3/b20-16+/t19-/m0/s1. The number of hydrogen-bond donors (Lipinski definition) is 1. The lowest BCUT2D eigenvalue weighted by Crippen LogP contribution is -2.44. The maximum absolute atomic E-state index is 12.9. The Morgan fingerprint density at radius 2 is 2.04 bits per heavy atom. The molecule has 1 aliphatic rings. The molecule has 1 amide bonds. The summed E-state index contributed by atoms with van der Waals surface area (Å²) in [5.41, 5.74) is 0.812. The van der Waals surface area contributed by atoms with E-state index < -0.39 is 0 Å². The highest BCUT2D eigenvalue weighted by Gasteiger charge is 2.31. The molecule has 0 aromatic heterocycles. The average Bonchev–Trinajstić information content (AvgIpc) is 2.67. The summed E-state index contributed by atoms with van der Waals surface area (Å²) in [7, 11) is 1.70. The molecule has 1 atom stereocenters. The predicted octanol–water partition coefficient (Wildman–Crippen LogP) is 2.89. The van der Waals surface area contributed by atoms with E-state index in [9.17, 15) is 9.59 Å². The summed E-state index contributed by atoms with van der Waals surface area (Å²) < 4.78 is 11.4. The summed E-state index contributed by atoms with van der Waals surface area (Å²) in [6, 6.07) is 9.53. The maximum atomic E-state index is 12.9. The number of nitrogens with zero attached hydrogens (tertiary/aromatic N) is 1. The third-order valence-electron chi connectivity index (χ3n) is 4.57. The largest absolute Gasteiger partial charge is 0.492 e. The maximum Gasteiger partial charge on any atom is 0.261 e. The Kier molecular flexibility index (Phi) is 8.33. The van der Waals surface area contributed by atoms with E-state index >= 15 is 0 Å². The number of ketones is 1. The molecule has 0 bridgehead atoms. The molecule has 1 saturated heterocycles. The van der Waals surface area contributed by atoms with Crippen molar-refractivity contribution in [2.24, 2.45) is 0 Å². The van der Waals surface area contributed by atoms with Crippen molar-refractivity contribution >= 4 is 11.7 Å². The molecule has 1 aromatic carbocycles. The lowest BCUT2D eigenvalue weighted by molar-refractivity contribution is -0.145. The molecule has 1 N–H and O–H groups in total. The number of benzene rings is 1. The highest BCUT2D eigenvalue weighted by molar-refractivity contribution is 6.19. The Balaban J connectivity index is 2.00. The van der Waals surface area contributed by atoms with Crippen LogP contribution < -0.4 is 10.1 Å². The molecule has 1 heterocycles. The monoisotopic (exact) mass is 374 g/mol. The van der Waals surface area contributed by atoms with E-state index in [1.807, 2.05) is 30.3 Å². The number of allylic oxidation sites excluding steroid dienone is 1. The number of likely N-dealkylation sites (N-methyl/N-ethyl adjacent to an activating group) is 1. The van der Waals surface area contributed by atoms with Gasteiger partial charge >= 0.3 is 0 Å². The number of nitrogens with one attached hydrogen (secondary N) is 1. The topological polar surface area (TPSA) is 67.9 Å². The van der Waals surface area contributed by atoms with E-state index in [1.54, 1.807) is 18.9 Å². The molecule has 27 heavy (non-hydrogen) atoms. The normalized spacial score (nSPS) is 20.1. The van der Waals surface area contributed by atoms with Crippen LogP contribution in [0.2, 0.25) is 0 Å². The summed E-state index contributed by atoms with van der Waals surface area (Å²) in [5.74, 6) is 0.322. The number of rotatable bonds is 8. The quantitative estimate of drug-likeness (QED) is 0.430. The number of unbranched alkanes of at least 4 members (excludes halogenated alkanes) is 1. The predicted molar refractivity (Wildman–Crippen MR) is 104 cm³/mol. The number of Topliss-reactive ketones (excluding diaryl/α,β-unsaturated/α-hetero) is 1. The van der Waals surface area contributed by atoms with Crippen LogP contribution >= 0.6 is 0 Å². The molecule has 0 unspecified atom stereocenters. The van der Waals surface area contributed by atoms with Crippen LogP contribution in [0.3, 0.4) is 0 Å². The second-order valence-corrected chi connectivity index (χ2v) is 6.65. The summed E-state index contributed by atoms with van der Waals surface area (Å²) >= 11 is 0. The Hall–Kier alpha value is -2.34. The minimum atomic E-state index is -0.283. The fourth-order valence-corrected chi connectivity index (χ4v) is 2.99. The number of para-hydroxylation sites is 1. The molecule has 0 saturated carbocycles. The van der Waals surface area contributed by atoms with Crippen molar-refractivity contribution in [1.82, 2.24) is 10.2 Å². The van der Waals surface area contributed by atoms with Gasteiger partial charge in [-0.2, -0.15) is 0 Å². The third-order valence-corrected chi connectivity index (χ3v) is 4.57. The van der Waals surface area contributed by atoms with Gasteiger partial charge in [-0.05, 0) is 31.9 Å². The molecular formula is C21H30N2O4. The first-order valence-electron chi connectivity index (χ1n) is 9.59. The second-order valence-electron chi connectivity index (χ2n) is 6.65. The molecule has 0 radical (unpaired) electrons. The summed E-state index contributed by atoms with van der Waals surface area (Å²) in [4.78, 5) is 26.9. The minimum Gasteiger partial charge on any atom is -0.492 e. The smallest absolute Gasteiger partial charge is 0.261 e. The summed E-state index contributed by atoms with van der Waals surface area (Å²) in [6.07, 6.45) is 2.72. The molecule has 1 fully saturated rings. The number of carbonyl (C=O) groups is 2. The van der Waals surface area contributed by atoms with Gasteiger partial charge in [0.05, 0.1) is 6.61 Å². The van der Waals surface area contributed by atoms with Crippen molar-refractivity contribution in [3.8, 4) is 5.75 Å². The Morgan fingerprint density at radius 3 is 2.74 bits per heavy atom. The van der Waals surface area contributed by atoms with Crippen LogP contribution in [0.1, 0.15) is 39.5 Å². The Bertz CT molecular complexity index is 657. The van der Waals surface area contributed by atoms with Gasteiger partial charge in [-0.1, -0.05) is 31.5 Å². The van der Waals surface area contributed by atoms with E-state index in [-0.39, 0.29) is 29.9 Å².